The Labute approximate surface area is 99.5 Å². The summed E-state index contributed by atoms with van der Waals surface area (Å²) in [6.07, 6.45) is 4.97. The van der Waals surface area contributed by atoms with E-state index in [0.29, 0.717) is 6.42 Å². The Kier molecular flexibility index (Phi) is 2.37. The Bertz CT molecular complexity index is 564. The zero-order valence-electron chi connectivity index (χ0n) is 9.31. The minimum Gasteiger partial charge on any atom is -0.326 e. The number of nitrogens with one attached hydrogen (secondary N) is 1. The smallest absolute Gasteiger partial charge is 0.224 e. The lowest BCUT2D eigenvalue weighted by atomic mass is 9.97. The molecule has 2 heterocycles. The number of hydrogen-bond acceptors (Lipinski definition) is 2. The first-order chi connectivity index (χ1) is 8.33. The van der Waals surface area contributed by atoms with Crippen molar-refractivity contribution in [3.63, 3.8) is 0 Å². The lowest BCUT2D eigenvalue weighted by Crippen LogP contribution is -2.18. The van der Waals surface area contributed by atoms with Gasteiger partial charge < -0.3 is 5.32 Å². The van der Waals surface area contributed by atoms with Crippen LogP contribution in [-0.2, 0) is 11.2 Å². The topological polar surface area (TPSA) is 42.0 Å². The molecule has 2 aromatic rings. The number of rotatable bonds is 1. The quantitative estimate of drug-likeness (QED) is 0.809. The molecule has 0 aliphatic carbocycles. The minimum atomic E-state index is 0.106. The largest absolute Gasteiger partial charge is 0.326 e. The fourth-order valence-electron chi connectivity index (χ4n) is 2.11. The van der Waals surface area contributed by atoms with Crippen LogP contribution in [-0.4, -0.2) is 10.9 Å². The number of hydrogen-bond donors (Lipinski definition) is 1. The zero-order valence-corrected chi connectivity index (χ0v) is 9.31. The molecule has 17 heavy (non-hydrogen) atoms. The van der Waals surface area contributed by atoms with Crippen molar-refractivity contribution in [2.75, 3.05) is 5.32 Å². The number of nitrogens with zero attached hydrogens (tertiary/aromatic N) is 1. The van der Waals surface area contributed by atoms with E-state index >= 15 is 0 Å². The van der Waals surface area contributed by atoms with Crippen LogP contribution < -0.4 is 5.32 Å². The van der Waals surface area contributed by atoms with Crippen molar-refractivity contribution in [2.24, 2.45) is 0 Å². The summed E-state index contributed by atoms with van der Waals surface area (Å²) in [7, 11) is 0. The van der Waals surface area contributed by atoms with Gasteiger partial charge in [0.2, 0.25) is 5.91 Å². The summed E-state index contributed by atoms with van der Waals surface area (Å²) in [5.74, 6) is 0.106. The maximum atomic E-state index is 11.3. The van der Waals surface area contributed by atoms with Crippen LogP contribution in [0, 0.1) is 0 Å². The highest BCUT2D eigenvalue weighted by molar-refractivity contribution is 5.94. The van der Waals surface area contributed by atoms with Gasteiger partial charge in [-0.05, 0) is 47.4 Å². The van der Waals surface area contributed by atoms with Gasteiger partial charge in [-0.2, -0.15) is 0 Å². The van der Waals surface area contributed by atoms with E-state index in [4.69, 9.17) is 0 Å². The van der Waals surface area contributed by atoms with Crippen molar-refractivity contribution in [2.45, 2.75) is 12.8 Å². The van der Waals surface area contributed by atoms with Gasteiger partial charge >= 0.3 is 0 Å². The number of anilines is 1. The second kappa shape index (κ2) is 4.01. The molecule has 1 amide bonds. The predicted octanol–water partition coefficient (Wildman–Crippen LogP) is 2.63. The molecule has 1 aromatic heterocycles. The lowest BCUT2D eigenvalue weighted by Gasteiger charge is -2.17. The van der Waals surface area contributed by atoms with E-state index in [0.717, 1.165) is 17.7 Å². The van der Waals surface area contributed by atoms with Crippen LogP contribution in [0.25, 0.3) is 11.1 Å². The Morgan fingerprint density at radius 1 is 1.00 bits per heavy atom. The number of carbonyl (C=O) groups is 1. The average molecular weight is 224 g/mol. The third kappa shape index (κ3) is 1.91. The van der Waals surface area contributed by atoms with Crippen LogP contribution in [0.1, 0.15) is 12.0 Å². The fourth-order valence-corrected chi connectivity index (χ4v) is 2.11. The molecule has 1 aliphatic rings. The Hall–Kier alpha value is -2.16. The number of pyridine rings is 1. The number of amides is 1. The molecule has 1 N–H and O–H groups in total. The lowest BCUT2D eigenvalue weighted by molar-refractivity contribution is -0.116. The third-order valence-corrected chi connectivity index (χ3v) is 3.01. The van der Waals surface area contributed by atoms with Crippen LogP contribution in [0.5, 0.6) is 0 Å². The molecule has 3 heteroatoms. The van der Waals surface area contributed by atoms with Crippen molar-refractivity contribution in [3.05, 3.63) is 48.3 Å². The van der Waals surface area contributed by atoms with Crippen molar-refractivity contribution in [1.82, 2.24) is 4.98 Å². The van der Waals surface area contributed by atoms with E-state index < -0.39 is 0 Å². The van der Waals surface area contributed by atoms with Gasteiger partial charge in [-0.15, -0.1) is 0 Å². The SMILES string of the molecule is O=C1CCc2cc(-c3ccncc3)ccc2N1. The van der Waals surface area contributed by atoms with Gasteiger partial charge in [-0.1, -0.05) is 6.07 Å². The molecular weight excluding hydrogens is 212 g/mol. The average Bonchev–Trinajstić information content (AvgIpc) is 2.39. The van der Waals surface area contributed by atoms with E-state index in [-0.39, 0.29) is 5.91 Å². The zero-order chi connectivity index (χ0) is 11.7. The van der Waals surface area contributed by atoms with E-state index in [1.54, 1.807) is 12.4 Å². The summed E-state index contributed by atoms with van der Waals surface area (Å²) in [6, 6.07) is 10.1. The Morgan fingerprint density at radius 2 is 1.82 bits per heavy atom. The molecule has 0 bridgehead atoms. The van der Waals surface area contributed by atoms with Gasteiger partial charge in [0.1, 0.15) is 0 Å². The van der Waals surface area contributed by atoms with Gasteiger partial charge in [-0.3, -0.25) is 9.78 Å². The fraction of sp³-hybridized carbons (Fsp3) is 0.143. The molecule has 0 saturated carbocycles. The molecule has 84 valence electrons. The van der Waals surface area contributed by atoms with E-state index in [9.17, 15) is 4.79 Å². The number of carbonyl (C=O) groups excluding carboxylic acids is 1. The first-order valence-electron chi connectivity index (χ1n) is 5.66. The van der Waals surface area contributed by atoms with E-state index in [1.165, 1.54) is 11.1 Å². The Balaban J connectivity index is 2.02. The normalized spacial score (nSPS) is 14.0. The summed E-state index contributed by atoms with van der Waals surface area (Å²) in [5, 5.41) is 2.89. The maximum absolute atomic E-state index is 11.3. The molecular formula is C14H12N2O. The van der Waals surface area contributed by atoms with Crippen molar-refractivity contribution >= 4 is 11.6 Å². The number of fused-ring (bicyclic) bond motifs is 1. The predicted molar refractivity (Wildman–Crippen MR) is 66.6 cm³/mol. The molecule has 3 rings (SSSR count). The van der Waals surface area contributed by atoms with Crippen molar-refractivity contribution < 1.29 is 4.79 Å². The Morgan fingerprint density at radius 3 is 2.65 bits per heavy atom. The summed E-state index contributed by atoms with van der Waals surface area (Å²) in [5.41, 5.74) is 4.47. The maximum Gasteiger partial charge on any atom is 0.224 e. The number of aromatic nitrogens is 1. The van der Waals surface area contributed by atoms with Gasteiger partial charge in [0.05, 0.1) is 0 Å². The molecule has 0 spiro atoms. The summed E-state index contributed by atoms with van der Waals surface area (Å²) in [6.45, 7) is 0. The number of aryl methyl sites for hydroxylation is 1. The highest BCUT2D eigenvalue weighted by Crippen LogP contribution is 2.28. The third-order valence-electron chi connectivity index (χ3n) is 3.01. The molecule has 0 saturated heterocycles. The van der Waals surface area contributed by atoms with Crippen LogP contribution >= 0.6 is 0 Å². The van der Waals surface area contributed by atoms with Crippen LogP contribution in [0.3, 0.4) is 0 Å². The number of benzene rings is 1. The van der Waals surface area contributed by atoms with Crippen molar-refractivity contribution in [3.8, 4) is 11.1 Å². The highest BCUT2D eigenvalue weighted by atomic mass is 16.1. The van der Waals surface area contributed by atoms with Crippen LogP contribution in [0.15, 0.2) is 42.7 Å². The minimum absolute atomic E-state index is 0.106. The van der Waals surface area contributed by atoms with Crippen LogP contribution in [0.2, 0.25) is 0 Å². The van der Waals surface area contributed by atoms with Gasteiger partial charge in [-0.25, -0.2) is 0 Å². The first-order valence-corrected chi connectivity index (χ1v) is 5.66. The second-order valence-corrected chi connectivity index (χ2v) is 4.16. The van der Waals surface area contributed by atoms with Crippen LogP contribution in [0.4, 0.5) is 5.69 Å². The molecule has 0 atom stereocenters. The van der Waals surface area contributed by atoms with Gasteiger partial charge in [0, 0.05) is 24.5 Å². The molecule has 1 aromatic carbocycles. The first kappa shape index (κ1) is 10.0. The second-order valence-electron chi connectivity index (χ2n) is 4.16. The standard InChI is InChI=1S/C14H12N2O/c17-14-4-2-12-9-11(1-3-13(12)16-14)10-5-7-15-8-6-10/h1,3,5-9H,2,4H2,(H,16,17). The van der Waals surface area contributed by atoms with Gasteiger partial charge in [0.15, 0.2) is 0 Å². The molecule has 3 nitrogen and oxygen atoms in total. The summed E-state index contributed by atoms with van der Waals surface area (Å²) < 4.78 is 0. The molecule has 0 radical (unpaired) electrons. The summed E-state index contributed by atoms with van der Waals surface area (Å²) >= 11 is 0. The van der Waals surface area contributed by atoms with E-state index in [1.807, 2.05) is 24.3 Å². The van der Waals surface area contributed by atoms with E-state index in [2.05, 4.69) is 16.4 Å². The summed E-state index contributed by atoms with van der Waals surface area (Å²) in [4.78, 5) is 15.3. The highest BCUT2D eigenvalue weighted by Gasteiger charge is 2.14. The molecule has 0 fully saturated rings. The van der Waals surface area contributed by atoms with Crippen molar-refractivity contribution in [1.29, 1.82) is 0 Å². The monoisotopic (exact) mass is 224 g/mol. The molecule has 0 unspecified atom stereocenters. The van der Waals surface area contributed by atoms with Gasteiger partial charge in [0.25, 0.3) is 0 Å². The molecule has 1 aliphatic heterocycles.